The standard InChI is InChI=1S/C10H8N2OS/c1-7-2-4-8(5-3-7)10(13)9-6-14-12-11-9/h2-6H,1H3. The molecule has 2 rings (SSSR count). The average molecular weight is 204 g/mol. The summed E-state index contributed by atoms with van der Waals surface area (Å²) < 4.78 is 3.66. The lowest BCUT2D eigenvalue weighted by Crippen LogP contribution is -2.01. The summed E-state index contributed by atoms with van der Waals surface area (Å²) in [6.45, 7) is 1.98. The molecule has 2 aromatic rings. The highest BCUT2D eigenvalue weighted by Crippen LogP contribution is 2.09. The van der Waals surface area contributed by atoms with E-state index in [0.29, 0.717) is 11.3 Å². The summed E-state index contributed by atoms with van der Waals surface area (Å²) in [6.07, 6.45) is 0. The van der Waals surface area contributed by atoms with Gasteiger partial charge in [0, 0.05) is 10.9 Å². The monoisotopic (exact) mass is 204 g/mol. The number of carbonyl (C=O) groups is 1. The summed E-state index contributed by atoms with van der Waals surface area (Å²) in [6, 6.07) is 7.42. The van der Waals surface area contributed by atoms with Crippen molar-refractivity contribution in [1.82, 2.24) is 9.59 Å². The van der Waals surface area contributed by atoms with Crippen LogP contribution in [0.4, 0.5) is 0 Å². The molecular weight excluding hydrogens is 196 g/mol. The predicted octanol–water partition coefficient (Wildman–Crippen LogP) is 2.08. The van der Waals surface area contributed by atoms with Gasteiger partial charge in [-0.15, -0.1) is 5.10 Å². The van der Waals surface area contributed by atoms with Crippen LogP contribution in [0, 0.1) is 6.92 Å². The molecule has 4 heteroatoms. The number of aromatic nitrogens is 2. The Balaban J connectivity index is 2.33. The number of hydrogen-bond donors (Lipinski definition) is 0. The van der Waals surface area contributed by atoms with Gasteiger partial charge in [-0.1, -0.05) is 34.3 Å². The molecule has 0 saturated carbocycles. The number of nitrogens with zero attached hydrogens (tertiary/aromatic N) is 2. The summed E-state index contributed by atoms with van der Waals surface area (Å²) in [7, 11) is 0. The first-order valence-corrected chi connectivity index (χ1v) is 4.99. The lowest BCUT2D eigenvalue weighted by Gasteiger charge is -1.96. The van der Waals surface area contributed by atoms with Crippen molar-refractivity contribution < 1.29 is 4.79 Å². The molecule has 0 spiro atoms. The van der Waals surface area contributed by atoms with Crippen LogP contribution in [0.1, 0.15) is 21.6 Å². The molecule has 0 aliphatic rings. The highest BCUT2D eigenvalue weighted by atomic mass is 32.1. The summed E-state index contributed by atoms with van der Waals surface area (Å²) in [4.78, 5) is 11.7. The fourth-order valence-corrected chi connectivity index (χ4v) is 1.55. The molecule has 1 aromatic heterocycles. The van der Waals surface area contributed by atoms with Crippen molar-refractivity contribution in [1.29, 1.82) is 0 Å². The smallest absolute Gasteiger partial charge is 0.214 e. The van der Waals surface area contributed by atoms with Gasteiger partial charge in [0.25, 0.3) is 0 Å². The minimum Gasteiger partial charge on any atom is -0.287 e. The largest absolute Gasteiger partial charge is 0.287 e. The van der Waals surface area contributed by atoms with Crippen molar-refractivity contribution >= 4 is 17.3 Å². The van der Waals surface area contributed by atoms with Gasteiger partial charge in [-0.2, -0.15) is 0 Å². The Labute approximate surface area is 85.6 Å². The lowest BCUT2D eigenvalue weighted by molar-refractivity contribution is 0.103. The molecule has 0 aliphatic heterocycles. The van der Waals surface area contributed by atoms with Crippen LogP contribution < -0.4 is 0 Å². The SMILES string of the molecule is Cc1ccc(C(=O)c2csnn2)cc1. The van der Waals surface area contributed by atoms with E-state index in [0.717, 1.165) is 5.56 Å². The van der Waals surface area contributed by atoms with Gasteiger partial charge in [-0.05, 0) is 18.5 Å². The third-order valence-electron chi connectivity index (χ3n) is 1.91. The zero-order valence-electron chi connectivity index (χ0n) is 7.60. The Morgan fingerprint density at radius 3 is 2.57 bits per heavy atom. The zero-order valence-corrected chi connectivity index (χ0v) is 8.41. The van der Waals surface area contributed by atoms with E-state index in [4.69, 9.17) is 0 Å². The van der Waals surface area contributed by atoms with Crippen LogP contribution in [0.25, 0.3) is 0 Å². The molecule has 0 fully saturated rings. The molecule has 70 valence electrons. The molecule has 14 heavy (non-hydrogen) atoms. The number of ketones is 1. The van der Waals surface area contributed by atoms with Gasteiger partial charge in [-0.25, -0.2) is 0 Å². The van der Waals surface area contributed by atoms with E-state index in [2.05, 4.69) is 9.59 Å². The number of benzene rings is 1. The predicted molar refractivity (Wildman–Crippen MR) is 54.5 cm³/mol. The zero-order chi connectivity index (χ0) is 9.97. The van der Waals surface area contributed by atoms with Crippen molar-refractivity contribution in [3.05, 3.63) is 46.5 Å². The fourth-order valence-electron chi connectivity index (χ4n) is 1.12. The van der Waals surface area contributed by atoms with Crippen LogP contribution in [0.3, 0.4) is 0 Å². The number of hydrogen-bond acceptors (Lipinski definition) is 4. The van der Waals surface area contributed by atoms with Crippen molar-refractivity contribution in [2.75, 3.05) is 0 Å². The van der Waals surface area contributed by atoms with Crippen molar-refractivity contribution in [3.63, 3.8) is 0 Å². The molecule has 0 amide bonds. The van der Waals surface area contributed by atoms with Crippen LogP contribution in [0.5, 0.6) is 0 Å². The molecule has 3 nitrogen and oxygen atoms in total. The van der Waals surface area contributed by atoms with E-state index in [9.17, 15) is 4.79 Å². The third-order valence-corrected chi connectivity index (χ3v) is 2.41. The van der Waals surface area contributed by atoms with Crippen LogP contribution in [0.15, 0.2) is 29.6 Å². The lowest BCUT2D eigenvalue weighted by atomic mass is 10.1. The summed E-state index contributed by atoms with van der Waals surface area (Å²) >= 11 is 1.18. The Morgan fingerprint density at radius 1 is 1.29 bits per heavy atom. The molecule has 1 aromatic carbocycles. The molecule has 0 bridgehead atoms. The molecule has 0 radical (unpaired) electrons. The molecule has 0 N–H and O–H groups in total. The quantitative estimate of drug-likeness (QED) is 0.703. The van der Waals surface area contributed by atoms with Gasteiger partial charge in [0.15, 0.2) is 0 Å². The van der Waals surface area contributed by atoms with Gasteiger partial charge < -0.3 is 0 Å². The van der Waals surface area contributed by atoms with Crippen molar-refractivity contribution in [2.24, 2.45) is 0 Å². The van der Waals surface area contributed by atoms with E-state index in [1.165, 1.54) is 11.5 Å². The summed E-state index contributed by atoms with van der Waals surface area (Å²) in [5.41, 5.74) is 2.21. The average Bonchev–Trinajstić information content (AvgIpc) is 2.71. The molecule has 0 saturated heterocycles. The minimum atomic E-state index is -0.0706. The van der Waals surface area contributed by atoms with Crippen LogP contribution in [-0.4, -0.2) is 15.4 Å². The Morgan fingerprint density at radius 2 is 2.00 bits per heavy atom. The van der Waals surface area contributed by atoms with Gasteiger partial charge in [-0.3, -0.25) is 4.79 Å². The van der Waals surface area contributed by atoms with Crippen molar-refractivity contribution in [2.45, 2.75) is 6.92 Å². The van der Waals surface area contributed by atoms with Gasteiger partial charge >= 0.3 is 0 Å². The van der Waals surface area contributed by atoms with E-state index in [1.54, 1.807) is 17.5 Å². The maximum atomic E-state index is 11.7. The maximum absolute atomic E-state index is 11.7. The second-order valence-corrected chi connectivity index (χ2v) is 3.60. The Kier molecular flexibility index (Phi) is 2.37. The van der Waals surface area contributed by atoms with E-state index in [1.807, 2.05) is 19.1 Å². The van der Waals surface area contributed by atoms with E-state index >= 15 is 0 Å². The van der Waals surface area contributed by atoms with Crippen LogP contribution >= 0.6 is 11.5 Å². The summed E-state index contributed by atoms with van der Waals surface area (Å²) in [5.74, 6) is -0.0706. The van der Waals surface area contributed by atoms with Gasteiger partial charge in [0.2, 0.25) is 5.78 Å². The first kappa shape index (κ1) is 9.02. The molecular formula is C10H8N2OS. The first-order valence-electron chi connectivity index (χ1n) is 4.16. The van der Waals surface area contributed by atoms with Gasteiger partial charge in [0.1, 0.15) is 5.69 Å². The number of carbonyl (C=O) groups excluding carboxylic acids is 1. The highest BCUT2D eigenvalue weighted by molar-refractivity contribution is 7.03. The molecule has 0 atom stereocenters. The second-order valence-electron chi connectivity index (χ2n) is 2.99. The van der Waals surface area contributed by atoms with Crippen LogP contribution in [0.2, 0.25) is 0 Å². The molecule has 1 heterocycles. The minimum absolute atomic E-state index is 0.0706. The van der Waals surface area contributed by atoms with E-state index < -0.39 is 0 Å². The topological polar surface area (TPSA) is 42.9 Å². The number of rotatable bonds is 2. The molecule has 0 aliphatic carbocycles. The first-order chi connectivity index (χ1) is 6.77. The van der Waals surface area contributed by atoms with Crippen molar-refractivity contribution in [3.8, 4) is 0 Å². The normalized spacial score (nSPS) is 10.1. The molecule has 0 unspecified atom stereocenters. The fraction of sp³-hybridized carbons (Fsp3) is 0.100. The highest BCUT2D eigenvalue weighted by Gasteiger charge is 2.10. The number of aryl methyl sites for hydroxylation is 1. The van der Waals surface area contributed by atoms with Crippen LogP contribution in [-0.2, 0) is 0 Å². The Hall–Kier alpha value is -1.55. The second kappa shape index (κ2) is 3.67. The third kappa shape index (κ3) is 1.70. The van der Waals surface area contributed by atoms with E-state index in [-0.39, 0.29) is 5.78 Å². The van der Waals surface area contributed by atoms with Gasteiger partial charge in [0.05, 0.1) is 0 Å². The maximum Gasteiger partial charge on any atom is 0.214 e. The Bertz CT molecular complexity index is 434. The summed E-state index contributed by atoms with van der Waals surface area (Å²) in [5, 5.41) is 5.39.